The highest BCUT2D eigenvalue weighted by atomic mass is 32.1. The summed E-state index contributed by atoms with van der Waals surface area (Å²) in [5.74, 6) is -0.214. The lowest BCUT2D eigenvalue weighted by Gasteiger charge is -2.38. The summed E-state index contributed by atoms with van der Waals surface area (Å²) in [5, 5.41) is 7.11. The van der Waals surface area contributed by atoms with Crippen LogP contribution in [0, 0.1) is 5.82 Å². The van der Waals surface area contributed by atoms with Gasteiger partial charge >= 0.3 is 0 Å². The van der Waals surface area contributed by atoms with Crippen LogP contribution >= 0.6 is 12.2 Å². The van der Waals surface area contributed by atoms with Crippen molar-refractivity contribution in [1.29, 1.82) is 0 Å². The minimum absolute atomic E-state index is 0.214. The number of benzene rings is 1. The van der Waals surface area contributed by atoms with Crippen molar-refractivity contribution in [3.05, 3.63) is 35.6 Å². The minimum atomic E-state index is -0.214. The number of hydrogen-bond donors (Lipinski definition) is 2. The quantitative estimate of drug-likeness (QED) is 0.815. The average molecular weight is 323 g/mol. The fraction of sp³-hybridized carbons (Fsp3) is 0.588. The molecule has 2 atom stereocenters. The number of piperidine rings is 1. The zero-order valence-corrected chi connectivity index (χ0v) is 14.3. The normalized spacial score (nSPS) is 20.4. The van der Waals surface area contributed by atoms with E-state index in [0.29, 0.717) is 23.7 Å². The van der Waals surface area contributed by atoms with Gasteiger partial charge in [-0.3, -0.25) is 4.90 Å². The molecule has 1 heterocycles. The molecule has 1 fully saturated rings. The van der Waals surface area contributed by atoms with E-state index in [2.05, 4.69) is 29.4 Å². The molecule has 2 rings (SSSR count). The van der Waals surface area contributed by atoms with Gasteiger partial charge in [0.25, 0.3) is 0 Å². The van der Waals surface area contributed by atoms with Crippen LogP contribution < -0.4 is 10.6 Å². The van der Waals surface area contributed by atoms with Gasteiger partial charge in [-0.25, -0.2) is 4.39 Å². The van der Waals surface area contributed by atoms with E-state index >= 15 is 0 Å². The number of nitrogens with zero attached hydrogens (tertiary/aromatic N) is 1. The van der Waals surface area contributed by atoms with Crippen molar-refractivity contribution in [2.75, 3.05) is 13.1 Å². The Labute approximate surface area is 138 Å². The van der Waals surface area contributed by atoms with Crippen molar-refractivity contribution in [1.82, 2.24) is 15.5 Å². The number of thiocarbonyl (C=S) groups is 1. The van der Waals surface area contributed by atoms with E-state index in [1.54, 1.807) is 12.1 Å². The van der Waals surface area contributed by atoms with Gasteiger partial charge in [-0.2, -0.15) is 0 Å². The van der Waals surface area contributed by atoms with Crippen LogP contribution in [-0.4, -0.2) is 35.2 Å². The summed E-state index contributed by atoms with van der Waals surface area (Å²) >= 11 is 5.31. The third-order valence-corrected chi connectivity index (χ3v) is 4.63. The molecule has 22 heavy (non-hydrogen) atoms. The Hall–Kier alpha value is -1.20. The second-order valence-electron chi connectivity index (χ2n) is 6.12. The van der Waals surface area contributed by atoms with Crippen LogP contribution in [0.5, 0.6) is 0 Å². The van der Waals surface area contributed by atoms with Gasteiger partial charge in [-0.05, 0) is 63.1 Å². The zero-order valence-electron chi connectivity index (χ0n) is 13.4. The molecule has 0 bridgehead atoms. The van der Waals surface area contributed by atoms with Gasteiger partial charge in [-0.1, -0.05) is 18.6 Å². The monoisotopic (exact) mass is 323 g/mol. The smallest absolute Gasteiger partial charge is 0.166 e. The first-order valence-electron chi connectivity index (χ1n) is 8.08. The van der Waals surface area contributed by atoms with Crippen molar-refractivity contribution in [2.24, 2.45) is 0 Å². The summed E-state index contributed by atoms with van der Waals surface area (Å²) in [5.41, 5.74) is 1.02. The van der Waals surface area contributed by atoms with E-state index in [9.17, 15) is 4.39 Å². The van der Waals surface area contributed by atoms with Crippen LogP contribution in [0.2, 0.25) is 0 Å². The molecular weight excluding hydrogens is 297 g/mol. The summed E-state index contributed by atoms with van der Waals surface area (Å²) in [7, 11) is 0. The van der Waals surface area contributed by atoms with E-state index in [1.807, 2.05) is 0 Å². The molecule has 0 aliphatic carbocycles. The molecule has 0 radical (unpaired) electrons. The molecular formula is C17H26FN3S. The summed E-state index contributed by atoms with van der Waals surface area (Å²) in [6.45, 7) is 7.19. The maximum Gasteiger partial charge on any atom is 0.166 e. The van der Waals surface area contributed by atoms with E-state index in [0.717, 1.165) is 12.1 Å². The second-order valence-corrected chi connectivity index (χ2v) is 6.53. The van der Waals surface area contributed by atoms with E-state index in [-0.39, 0.29) is 5.82 Å². The highest BCUT2D eigenvalue weighted by Crippen LogP contribution is 2.18. The highest BCUT2D eigenvalue weighted by molar-refractivity contribution is 7.80. The molecule has 0 saturated carbocycles. The Kier molecular flexibility index (Phi) is 6.58. The van der Waals surface area contributed by atoms with Crippen LogP contribution in [0.4, 0.5) is 4.39 Å². The third-order valence-electron chi connectivity index (χ3n) is 4.34. The van der Waals surface area contributed by atoms with Crippen LogP contribution in [0.1, 0.15) is 38.7 Å². The number of rotatable bonds is 5. The molecule has 1 saturated heterocycles. The second kappa shape index (κ2) is 8.44. The SMILES string of the molecule is C[C@@H]1CCCCN1[C@H](C)CNC(=S)NCc1ccc(F)cc1. The fourth-order valence-electron chi connectivity index (χ4n) is 2.98. The third kappa shape index (κ3) is 5.21. The average Bonchev–Trinajstić information content (AvgIpc) is 2.52. The Morgan fingerprint density at radius 1 is 1.32 bits per heavy atom. The molecule has 1 aliphatic heterocycles. The Morgan fingerprint density at radius 2 is 2.05 bits per heavy atom. The molecule has 1 aromatic carbocycles. The molecule has 2 N–H and O–H groups in total. The van der Waals surface area contributed by atoms with Crippen molar-refractivity contribution in [2.45, 2.75) is 51.7 Å². The number of likely N-dealkylation sites (tertiary alicyclic amines) is 1. The summed E-state index contributed by atoms with van der Waals surface area (Å²) < 4.78 is 12.8. The largest absolute Gasteiger partial charge is 0.361 e. The summed E-state index contributed by atoms with van der Waals surface area (Å²) in [4.78, 5) is 2.55. The Bertz CT molecular complexity index is 477. The van der Waals surface area contributed by atoms with Crippen LogP contribution in [0.3, 0.4) is 0 Å². The lowest BCUT2D eigenvalue weighted by Crippen LogP contribution is -2.49. The molecule has 1 aromatic rings. The first-order chi connectivity index (χ1) is 10.6. The summed E-state index contributed by atoms with van der Waals surface area (Å²) in [6.07, 6.45) is 3.93. The molecule has 1 aliphatic rings. The summed E-state index contributed by atoms with van der Waals surface area (Å²) in [6, 6.07) is 7.60. The van der Waals surface area contributed by atoms with Crippen molar-refractivity contribution < 1.29 is 4.39 Å². The molecule has 0 spiro atoms. The molecule has 0 unspecified atom stereocenters. The number of hydrogen-bond acceptors (Lipinski definition) is 2. The predicted molar refractivity (Wildman–Crippen MR) is 93.3 cm³/mol. The van der Waals surface area contributed by atoms with Gasteiger partial charge in [0.1, 0.15) is 5.82 Å². The van der Waals surface area contributed by atoms with Crippen LogP contribution in [0.25, 0.3) is 0 Å². The minimum Gasteiger partial charge on any atom is -0.361 e. The van der Waals surface area contributed by atoms with Gasteiger partial charge in [0.05, 0.1) is 0 Å². The van der Waals surface area contributed by atoms with Crippen molar-refractivity contribution in [3.8, 4) is 0 Å². The fourth-order valence-corrected chi connectivity index (χ4v) is 3.14. The zero-order chi connectivity index (χ0) is 15.9. The van der Waals surface area contributed by atoms with Crippen molar-refractivity contribution >= 4 is 17.3 Å². The van der Waals surface area contributed by atoms with Gasteiger partial charge < -0.3 is 10.6 Å². The van der Waals surface area contributed by atoms with Crippen LogP contribution in [0.15, 0.2) is 24.3 Å². The molecule has 0 amide bonds. The lowest BCUT2D eigenvalue weighted by atomic mass is 10.0. The van der Waals surface area contributed by atoms with Crippen LogP contribution in [-0.2, 0) is 6.54 Å². The Morgan fingerprint density at radius 3 is 2.73 bits per heavy atom. The maximum absolute atomic E-state index is 12.8. The van der Waals surface area contributed by atoms with Crippen molar-refractivity contribution in [3.63, 3.8) is 0 Å². The molecule has 5 heteroatoms. The Balaban J connectivity index is 1.69. The van der Waals surface area contributed by atoms with E-state index < -0.39 is 0 Å². The van der Waals surface area contributed by atoms with Gasteiger partial charge in [0, 0.05) is 25.2 Å². The first kappa shape index (κ1) is 17.2. The standard InChI is InChI=1S/C17H26FN3S/c1-13-5-3-4-10-21(13)14(2)11-19-17(22)20-12-15-6-8-16(18)9-7-15/h6-9,13-14H,3-5,10-12H2,1-2H3,(H2,19,20,22)/t13-,14-/m1/s1. The van der Waals surface area contributed by atoms with E-state index in [4.69, 9.17) is 12.2 Å². The molecule has 3 nitrogen and oxygen atoms in total. The molecule has 122 valence electrons. The van der Waals surface area contributed by atoms with Gasteiger partial charge in [-0.15, -0.1) is 0 Å². The first-order valence-corrected chi connectivity index (χ1v) is 8.49. The van der Waals surface area contributed by atoms with Gasteiger partial charge in [0.2, 0.25) is 0 Å². The number of halogens is 1. The van der Waals surface area contributed by atoms with Gasteiger partial charge in [0.15, 0.2) is 5.11 Å². The lowest BCUT2D eigenvalue weighted by molar-refractivity contribution is 0.116. The van der Waals surface area contributed by atoms with E-state index in [1.165, 1.54) is 37.9 Å². The highest BCUT2D eigenvalue weighted by Gasteiger charge is 2.22. The predicted octanol–water partition coefficient (Wildman–Crippen LogP) is 3.05. The molecule has 0 aromatic heterocycles. The topological polar surface area (TPSA) is 27.3 Å². The number of nitrogens with one attached hydrogen (secondary N) is 2. The maximum atomic E-state index is 12.8.